The smallest absolute Gasteiger partial charge is 0.0689 e. The van der Waals surface area contributed by atoms with Crippen molar-refractivity contribution in [2.75, 3.05) is 0 Å². The van der Waals surface area contributed by atoms with Crippen LogP contribution in [-0.4, -0.2) is 0 Å². The second-order valence-corrected chi connectivity index (χ2v) is 8.50. The average Bonchev–Trinajstić information content (AvgIpc) is 2.62. The fraction of sp³-hybridized carbons (Fsp3) is 0.955. The Hall–Kier alpha value is -0.510. The van der Waals surface area contributed by atoms with E-state index >= 15 is 0 Å². The van der Waals surface area contributed by atoms with E-state index in [2.05, 4.69) is 13.0 Å². The van der Waals surface area contributed by atoms with Gasteiger partial charge in [-0.2, -0.15) is 5.26 Å². The molecule has 0 saturated heterocycles. The van der Waals surface area contributed by atoms with Crippen molar-refractivity contribution in [2.45, 2.75) is 116 Å². The lowest BCUT2D eigenvalue weighted by molar-refractivity contribution is 0.129. The van der Waals surface area contributed by atoms with Gasteiger partial charge in [-0.3, -0.25) is 0 Å². The van der Waals surface area contributed by atoms with Crippen molar-refractivity contribution >= 4 is 0 Å². The highest BCUT2D eigenvalue weighted by Crippen LogP contribution is 2.46. The first-order chi connectivity index (χ1) is 11.3. The van der Waals surface area contributed by atoms with Gasteiger partial charge >= 0.3 is 0 Å². The van der Waals surface area contributed by atoms with Crippen LogP contribution in [-0.2, 0) is 0 Å². The summed E-state index contributed by atoms with van der Waals surface area (Å²) in [4.78, 5) is 0. The van der Waals surface area contributed by atoms with Crippen LogP contribution in [0.15, 0.2) is 0 Å². The molecule has 2 fully saturated rings. The van der Waals surface area contributed by atoms with Gasteiger partial charge in [0.05, 0.1) is 11.5 Å². The molecule has 0 atom stereocenters. The summed E-state index contributed by atoms with van der Waals surface area (Å²) in [5, 5.41) is 9.76. The molecule has 2 aliphatic rings. The van der Waals surface area contributed by atoms with Crippen LogP contribution in [0.2, 0.25) is 0 Å². The van der Waals surface area contributed by atoms with Crippen LogP contribution in [0.3, 0.4) is 0 Å². The zero-order valence-electron chi connectivity index (χ0n) is 15.6. The Bertz CT molecular complexity index is 339. The van der Waals surface area contributed by atoms with E-state index in [1.165, 1.54) is 109 Å². The molecule has 23 heavy (non-hydrogen) atoms. The summed E-state index contributed by atoms with van der Waals surface area (Å²) in [6, 6.07) is 2.75. The van der Waals surface area contributed by atoms with E-state index in [1.54, 1.807) is 0 Å². The monoisotopic (exact) mass is 317 g/mol. The molecule has 0 spiro atoms. The highest BCUT2D eigenvalue weighted by atomic mass is 14.4. The fourth-order valence-corrected chi connectivity index (χ4v) is 5.11. The number of nitriles is 1. The topological polar surface area (TPSA) is 23.8 Å². The molecule has 0 aromatic heterocycles. The van der Waals surface area contributed by atoms with Gasteiger partial charge in [0.15, 0.2) is 0 Å². The molecule has 0 aromatic rings. The molecule has 0 N–H and O–H groups in total. The number of rotatable bonds is 9. The van der Waals surface area contributed by atoms with E-state index in [1.807, 2.05) is 0 Å². The Morgan fingerprint density at radius 1 is 0.783 bits per heavy atom. The minimum absolute atomic E-state index is 0.0502. The molecule has 0 bridgehead atoms. The van der Waals surface area contributed by atoms with Crippen molar-refractivity contribution in [3.8, 4) is 6.07 Å². The summed E-state index contributed by atoms with van der Waals surface area (Å²) in [6.07, 6.45) is 23.1. The van der Waals surface area contributed by atoms with Gasteiger partial charge in [-0.1, -0.05) is 84.0 Å². The van der Waals surface area contributed by atoms with E-state index in [9.17, 15) is 5.26 Å². The molecule has 0 aromatic carbocycles. The van der Waals surface area contributed by atoms with E-state index in [4.69, 9.17) is 0 Å². The maximum absolute atomic E-state index is 9.76. The van der Waals surface area contributed by atoms with E-state index in [0.717, 1.165) is 11.8 Å². The van der Waals surface area contributed by atoms with Crippen molar-refractivity contribution in [1.29, 1.82) is 5.26 Å². The molecule has 2 rings (SSSR count). The summed E-state index contributed by atoms with van der Waals surface area (Å²) in [5.41, 5.74) is 0.0502. The second kappa shape index (κ2) is 10.4. The van der Waals surface area contributed by atoms with Gasteiger partial charge in [0.1, 0.15) is 0 Å². The molecule has 2 aliphatic carbocycles. The third-order valence-corrected chi connectivity index (χ3v) is 6.80. The molecule has 0 aliphatic heterocycles. The number of nitrogens with zero attached hydrogens (tertiary/aromatic N) is 1. The molecule has 1 nitrogen and oxygen atoms in total. The lowest BCUT2D eigenvalue weighted by Gasteiger charge is -2.39. The summed E-state index contributed by atoms with van der Waals surface area (Å²) in [7, 11) is 0. The number of hydrogen-bond donors (Lipinski definition) is 0. The first kappa shape index (κ1) is 18.8. The predicted molar refractivity (Wildman–Crippen MR) is 99.2 cm³/mol. The van der Waals surface area contributed by atoms with Gasteiger partial charge in [-0.15, -0.1) is 0 Å². The summed E-state index contributed by atoms with van der Waals surface area (Å²) >= 11 is 0. The third kappa shape index (κ3) is 6.13. The molecule has 0 radical (unpaired) electrons. The molecule has 1 heteroatoms. The molecule has 132 valence electrons. The number of unbranched alkanes of at least 4 members (excludes halogenated alkanes) is 6. The zero-order chi connectivity index (χ0) is 16.4. The van der Waals surface area contributed by atoms with Crippen molar-refractivity contribution < 1.29 is 0 Å². The van der Waals surface area contributed by atoms with Gasteiger partial charge in [0.2, 0.25) is 0 Å². The Labute approximate surface area is 145 Å². The first-order valence-electron chi connectivity index (χ1n) is 10.7. The molecular weight excluding hydrogens is 278 g/mol. The Balaban J connectivity index is 1.64. The first-order valence-corrected chi connectivity index (χ1v) is 10.7. The normalized spacial score (nSPS) is 29.3. The molecule has 0 unspecified atom stereocenters. The van der Waals surface area contributed by atoms with Crippen LogP contribution < -0.4 is 0 Å². The maximum Gasteiger partial charge on any atom is 0.0689 e. The van der Waals surface area contributed by atoms with Gasteiger partial charge in [0.25, 0.3) is 0 Å². The quantitative estimate of drug-likeness (QED) is 0.406. The number of hydrogen-bond acceptors (Lipinski definition) is 1. The van der Waals surface area contributed by atoms with E-state index in [-0.39, 0.29) is 5.41 Å². The van der Waals surface area contributed by atoms with Crippen LogP contribution in [0.1, 0.15) is 116 Å². The summed E-state index contributed by atoms with van der Waals surface area (Å²) in [5.74, 6) is 1.95. The SMILES string of the molecule is CCCCCCCCCC1(C#N)CCC(C2CCCCC2)CC1. The van der Waals surface area contributed by atoms with Gasteiger partial charge in [-0.05, 0) is 43.9 Å². The van der Waals surface area contributed by atoms with Crippen LogP contribution in [0.25, 0.3) is 0 Å². The van der Waals surface area contributed by atoms with Crippen LogP contribution in [0, 0.1) is 28.6 Å². The van der Waals surface area contributed by atoms with Crippen molar-refractivity contribution in [1.82, 2.24) is 0 Å². The lowest BCUT2D eigenvalue weighted by Crippen LogP contribution is -2.30. The zero-order valence-corrected chi connectivity index (χ0v) is 15.6. The van der Waals surface area contributed by atoms with E-state index < -0.39 is 0 Å². The largest absolute Gasteiger partial charge is 0.198 e. The second-order valence-electron chi connectivity index (χ2n) is 8.50. The van der Waals surface area contributed by atoms with Crippen LogP contribution >= 0.6 is 0 Å². The Morgan fingerprint density at radius 2 is 1.35 bits per heavy atom. The van der Waals surface area contributed by atoms with Crippen molar-refractivity contribution in [3.63, 3.8) is 0 Å². The minimum atomic E-state index is 0.0502. The molecule has 2 saturated carbocycles. The third-order valence-electron chi connectivity index (χ3n) is 6.80. The standard InChI is InChI=1S/C22H39N/c1-2-3-4-5-6-7-11-16-22(19-23)17-14-21(15-18-22)20-12-9-8-10-13-20/h20-21H,2-18H2,1H3. The van der Waals surface area contributed by atoms with Gasteiger partial charge in [0, 0.05) is 0 Å². The van der Waals surface area contributed by atoms with Crippen LogP contribution in [0.4, 0.5) is 0 Å². The molecular formula is C22H39N. The molecule has 0 heterocycles. The van der Waals surface area contributed by atoms with Crippen molar-refractivity contribution in [2.24, 2.45) is 17.3 Å². The maximum atomic E-state index is 9.76. The van der Waals surface area contributed by atoms with Gasteiger partial charge < -0.3 is 0 Å². The average molecular weight is 318 g/mol. The summed E-state index contributed by atoms with van der Waals surface area (Å²) in [6.45, 7) is 2.28. The minimum Gasteiger partial charge on any atom is -0.198 e. The van der Waals surface area contributed by atoms with E-state index in [0.29, 0.717) is 0 Å². The highest BCUT2D eigenvalue weighted by molar-refractivity contribution is 5.02. The van der Waals surface area contributed by atoms with Gasteiger partial charge in [-0.25, -0.2) is 0 Å². The lowest BCUT2D eigenvalue weighted by atomic mass is 9.64. The predicted octanol–water partition coefficient (Wildman–Crippen LogP) is 7.41. The van der Waals surface area contributed by atoms with Crippen LogP contribution in [0.5, 0.6) is 0 Å². The Kier molecular flexibility index (Phi) is 8.49. The fourth-order valence-electron chi connectivity index (χ4n) is 5.11. The van der Waals surface area contributed by atoms with Crippen molar-refractivity contribution in [3.05, 3.63) is 0 Å². The summed E-state index contributed by atoms with van der Waals surface area (Å²) < 4.78 is 0. The highest BCUT2D eigenvalue weighted by Gasteiger charge is 2.37. The molecule has 0 amide bonds. The Morgan fingerprint density at radius 3 is 1.96 bits per heavy atom.